The third-order valence-electron chi connectivity index (χ3n) is 2.43. The number of carbonyl (C=O) groups is 1. The average Bonchev–Trinajstić information content (AvgIpc) is 2.29. The van der Waals surface area contributed by atoms with Crippen molar-refractivity contribution in [1.82, 2.24) is 5.32 Å². The minimum absolute atomic E-state index is 0.0497. The first-order valence-corrected chi connectivity index (χ1v) is 7.03. The van der Waals surface area contributed by atoms with Crippen molar-refractivity contribution in [2.45, 2.75) is 26.3 Å². The second kappa shape index (κ2) is 7.22. The van der Waals surface area contributed by atoms with Gasteiger partial charge in [-0.1, -0.05) is 13.0 Å². The number of amides is 1. The predicted molar refractivity (Wildman–Crippen MR) is 75.4 cm³/mol. The molecule has 3 N–H and O–H groups in total. The van der Waals surface area contributed by atoms with Gasteiger partial charge in [-0.3, -0.25) is 4.79 Å². The summed E-state index contributed by atoms with van der Waals surface area (Å²) in [5.41, 5.74) is 6.88. The van der Waals surface area contributed by atoms with Crippen molar-refractivity contribution in [2.75, 3.05) is 17.2 Å². The van der Waals surface area contributed by atoms with E-state index in [0.717, 1.165) is 17.9 Å². The third-order valence-corrected chi connectivity index (χ3v) is 3.36. The van der Waals surface area contributed by atoms with Gasteiger partial charge in [-0.2, -0.15) is 11.8 Å². The first-order valence-electron chi connectivity index (χ1n) is 5.87. The summed E-state index contributed by atoms with van der Waals surface area (Å²) < 4.78 is 0. The Kier molecular flexibility index (Phi) is 5.91. The highest BCUT2D eigenvalue weighted by Gasteiger charge is 2.09. The maximum absolute atomic E-state index is 11.9. The molecule has 1 amide bonds. The molecule has 0 saturated heterocycles. The Labute approximate surface area is 107 Å². The van der Waals surface area contributed by atoms with E-state index in [4.69, 9.17) is 5.73 Å². The molecule has 3 nitrogen and oxygen atoms in total. The van der Waals surface area contributed by atoms with E-state index >= 15 is 0 Å². The van der Waals surface area contributed by atoms with Gasteiger partial charge in [-0.15, -0.1) is 0 Å². The van der Waals surface area contributed by atoms with Crippen LogP contribution in [-0.4, -0.2) is 23.5 Å². The highest BCUT2D eigenvalue weighted by atomic mass is 32.2. The molecular formula is C13H20N2OS. The van der Waals surface area contributed by atoms with Crippen molar-refractivity contribution < 1.29 is 4.79 Å². The van der Waals surface area contributed by atoms with E-state index in [0.29, 0.717) is 11.3 Å². The molecule has 0 radical (unpaired) electrons. The number of rotatable bonds is 6. The molecule has 0 spiro atoms. The molecule has 0 fully saturated rings. The Bertz CT molecular complexity index is 368. The maximum Gasteiger partial charge on any atom is 0.251 e. The maximum atomic E-state index is 11.9. The smallest absolute Gasteiger partial charge is 0.251 e. The summed E-state index contributed by atoms with van der Waals surface area (Å²) in [6.07, 6.45) is 0.993. The van der Waals surface area contributed by atoms with Crippen LogP contribution in [0.1, 0.15) is 30.6 Å². The third kappa shape index (κ3) is 5.13. The Hall–Kier alpha value is -1.16. The Balaban J connectivity index is 2.43. The van der Waals surface area contributed by atoms with Crippen LogP contribution < -0.4 is 11.1 Å². The summed E-state index contributed by atoms with van der Waals surface area (Å²) in [5.74, 6) is 2.15. The fourth-order valence-electron chi connectivity index (χ4n) is 1.46. The van der Waals surface area contributed by atoms with Crippen LogP contribution in [0.5, 0.6) is 0 Å². The van der Waals surface area contributed by atoms with E-state index in [1.807, 2.05) is 18.7 Å². The molecule has 0 bridgehead atoms. The SMILES string of the molecule is CCSCCC(C)NC(=O)c1cccc(N)c1. The second-order valence-corrected chi connectivity index (χ2v) is 5.38. The number of anilines is 1. The van der Waals surface area contributed by atoms with Crippen molar-refractivity contribution in [3.8, 4) is 0 Å². The zero-order chi connectivity index (χ0) is 12.7. The molecule has 1 rings (SSSR count). The molecule has 4 heteroatoms. The van der Waals surface area contributed by atoms with Crippen LogP contribution in [0.2, 0.25) is 0 Å². The number of nitrogen functional groups attached to an aromatic ring is 1. The number of benzene rings is 1. The lowest BCUT2D eigenvalue weighted by Crippen LogP contribution is -2.32. The van der Waals surface area contributed by atoms with Crippen molar-refractivity contribution in [3.63, 3.8) is 0 Å². The quantitative estimate of drug-likeness (QED) is 0.604. The van der Waals surface area contributed by atoms with Gasteiger partial charge in [0.15, 0.2) is 0 Å². The summed E-state index contributed by atoms with van der Waals surface area (Å²) in [4.78, 5) is 11.9. The predicted octanol–water partition coefficient (Wildman–Crippen LogP) is 2.53. The molecule has 0 aliphatic carbocycles. The lowest BCUT2D eigenvalue weighted by atomic mass is 10.1. The summed E-state index contributed by atoms with van der Waals surface area (Å²) >= 11 is 1.89. The van der Waals surface area contributed by atoms with Crippen LogP contribution in [0.3, 0.4) is 0 Å². The summed E-state index contributed by atoms with van der Waals surface area (Å²) in [5, 5.41) is 2.97. The molecule has 0 heterocycles. The van der Waals surface area contributed by atoms with Crippen molar-refractivity contribution >= 4 is 23.4 Å². The zero-order valence-corrected chi connectivity index (χ0v) is 11.2. The van der Waals surface area contributed by atoms with Crippen LogP contribution in [0.15, 0.2) is 24.3 Å². The normalized spacial score (nSPS) is 12.1. The van der Waals surface area contributed by atoms with Gasteiger partial charge in [0.1, 0.15) is 0 Å². The van der Waals surface area contributed by atoms with E-state index in [-0.39, 0.29) is 11.9 Å². The van der Waals surface area contributed by atoms with Gasteiger partial charge in [-0.05, 0) is 43.0 Å². The first-order chi connectivity index (χ1) is 8.13. The highest BCUT2D eigenvalue weighted by molar-refractivity contribution is 7.99. The Morgan fingerprint density at radius 2 is 2.29 bits per heavy atom. The number of nitrogens with one attached hydrogen (secondary N) is 1. The lowest BCUT2D eigenvalue weighted by molar-refractivity contribution is 0.0939. The molecule has 1 aromatic carbocycles. The van der Waals surface area contributed by atoms with Crippen LogP contribution in [0.25, 0.3) is 0 Å². The number of nitrogens with two attached hydrogens (primary N) is 1. The summed E-state index contributed by atoms with van der Waals surface area (Å²) in [6, 6.07) is 7.24. The fourth-order valence-corrected chi connectivity index (χ4v) is 2.27. The fraction of sp³-hybridized carbons (Fsp3) is 0.462. The molecule has 0 aromatic heterocycles. The van der Waals surface area contributed by atoms with Crippen LogP contribution in [-0.2, 0) is 0 Å². The number of carbonyl (C=O) groups excluding carboxylic acids is 1. The monoisotopic (exact) mass is 252 g/mol. The molecule has 1 aromatic rings. The first kappa shape index (κ1) is 13.9. The van der Waals surface area contributed by atoms with Gasteiger partial charge in [0.2, 0.25) is 0 Å². The minimum Gasteiger partial charge on any atom is -0.399 e. The van der Waals surface area contributed by atoms with Crippen molar-refractivity contribution in [1.29, 1.82) is 0 Å². The van der Waals surface area contributed by atoms with Gasteiger partial charge in [0.25, 0.3) is 5.91 Å². The molecule has 94 valence electrons. The van der Waals surface area contributed by atoms with Crippen molar-refractivity contribution in [3.05, 3.63) is 29.8 Å². The second-order valence-electron chi connectivity index (χ2n) is 3.99. The molecular weight excluding hydrogens is 232 g/mol. The molecule has 17 heavy (non-hydrogen) atoms. The van der Waals surface area contributed by atoms with E-state index in [1.165, 1.54) is 0 Å². The molecule has 1 unspecified atom stereocenters. The average molecular weight is 252 g/mol. The molecule has 0 aliphatic heterocycles. The number of hydrogen-bond acceptors (Lipinski definition) is 3. The highest BCUT2D eigenvalue weighted by Crippen LogP contribution is 2.08. The van der Waals surface area contributed by atoms with Crippen molar-refractivity contribution in [2.24, 2.45) is 0 Å². The minimum atomic E-state index is -0.0497. The van der Waals surface area contributed by atoms with Crippen LogP contribution >= 0.6 is 11.8 Å². The zero-order valence-electron chi connectivity index (χ0n) is 10.4. The van der Waals surface area contributed by atoms with E-state index in [1.54, 1.807) is 24.3 Å². The van der Waals surface area contributed by atoms with E-state index in [2.05, 4.69) is 12.2 Å². The van der Waals surface area contributed by atoms with E-state index in [9.17, 15) is 4.79 Å². The lowest BCUT2D eigenvalue weighted by Gasteiger charge is -2.13. The molecule has 0 saturated carbocycles. The summed E-state index contributed by atoms with van der Waals surface area (Å²) in [7, 11) is 0. The van der Waals surface area contributed by atoms with Gasteiger partial charge < -0.3 is 11.1 Å². The molecule has 1 atom stereocenters. The molecule has 0 aliphatic rings. The number of hydrogen-bond donors (Lipinski definition) is 2. The topological polar surface area (TPSA) is 55.1 Å². The van der Waals surface area contributed by atoms with Gasteiger partial charge in [0.05, 0.1) is 0 Å². The van der Waals surface area contributed by atoms with Crippen LogP contribution in [0, 0.1) is 0 Å². The Morgan fingerprint density at radius 1 is 1.53 bits per heavy atom. The standard InChI is InChI=1S/C13H20N2OS/c1-3-17-8-7-10(2)15-13(16)11-5-4-6-12(14)9-11/h4-6,9-10H,3,7-8,14H2,1-2H3,(H,15,16). The van der Waals surface area contributed by atoms with Gasteiger partial charge >= 0.3 is 0 Å². The Morgan fingerprint density at radius 3 is 2.94 bits per heavy atom. The number of thioether (sulfide) groups is 1. The van der Waals surface area contributed by atoms with Gasteiger partial charge in [0, 0.05) is 17.3 Å². The largest absolute Gasteiger partial charge is 0.399 e. The van der Waals surface area contributed by atoms with E-state index < -0.39 is 0 Å². The summed E-state index contributed by atoms with van der Waals surface area (Å²) in [6.45, 7) is 4.17. The van der Waals surface area contributed by atoms with Crippen LogP contribution in [0.4, 0.5) is 5.69 Å². The van der Waals surface area contributed by atoms with Gasteiger partial charge in [-0.25, -0.2) is 0 Å².